The van der Waals surface area contributed by atoms with E-state index in [-0.39, 0.29) is 38.0 Å². The molecule has 13 aromatic carbocycles. The maximum Gasteiger partial charge on any atom is 0.0959 e. The fourth-order valence-electron chi connectivity index (χ4n) is 16.1. The van der Waals surface area contributed by atoms with Crippen LogP contribution in [0.1, 0.15) is 195 Å². The van der Waals surface area contributed by atoms with Crippen molar-refractivity contribution in [3.05, 3.63) is 420 Å². The number of hydrogen-bond acceptors (Lipinski definition) is 2. The van der Waals surface area contributed by atoms with Crippen LogP contribution in [0, 0.1) is 20.8 Å². The lowest BCUT2D eigenvalue weighted by Crippen LogP contribution is -2.21. The van der Waals surface area contributed by atoms with Crippen molar-refractivity contribution in [3.8, 4) is 78.1 Å². The van der Waals surface area contributed by atoms with Gasteiger partial charge in [0.1, 0.15) is 0 Å². The number of para-hydroxylation sites is 1. The Labute approximate surface area is 734 Å². The molecule has 0 unspecified atom stereocenters. The summed E-state index contributed by atoms with van der Waals surface area (Å²) in [5, 5.41) is 1.23. The van der Waals surface area contributed by atoms with Crippen molar-refractivity contribution >= 4 is 21.9 Å². The number of pyridine rings is 2. The van der Waals surface area contributed by atoms with Gasteiger partial charge in [-0.25, -0.2) is 4.98 Å². The van der Waals surface area contributed by atoms with Crippen molar-refractivity contribution in [1.29, 1.82) is 0 Å². The molecule has 0 aliphatic carbocycles. The molecule has 0 radical (unpaired) electrons. The third-order valence-corrected chi connectivity index (χ3v) is 21.9. The van der Waals surface area contributed by atoms with E-state index in [1.54, 1.807) is 0 Å². The number of nitrogens with zero attached hydrogens (tertiary/aromatic N) is 3. The second-order valence-electron chi connectivity index (χ2n) is 39.2. The summed E-state index contributed by atoms with van der Waals surface area (Å²) in [7, 11) is 0. The Bertz CT molecular complexity index is 5560. The fourth-order valence-corrected chi connectivity index (χ4v) is 16.1. The molecule has 0 spiro atoms. The lowest BCUT2D eigenvalue weighted by atomic mass is 9.77. The number of aryl methyl sites for hydroxylation is 3. The van der Waals surface area contributed by atoms with Crippen molar-refractivity contribution in [2.24, 2.45) is 0 Å². The van der Waals surface area contributed by atoms with Crippen LogP contribution in [0.3, 0.4) is 0 Å². The number of hydrogen-bond donors (Lipinski definition) is 0. The normalized spacial score (nSPS) is 11.6. The third-order valence-electron chi connectivity index (χ3n) is 21.9. The van der Waals surface area contributed by atoms with E-state index in [1.807, 2.05) is 24.4 Å². The summed E-state index contributed by atoms with van der Waals surface area (Å²) in [6.07, 6.45) is 1.86. The average molecular weight is 1610 g/mol. The van der Waals surface area contributed by atoms with Gasteiger partial charge in [-0.1, -0.05) is 452 Å². The summed E-state index contributed by atoms with van der Waals surface area (Å²) < 4.78 is 2.37. The highest BCUT2D eigenvalue weighted by Crippen LogP contribution is 2.42. The van der Waals surface area contributed by atoms with Crippen LogP contribution in [0.25, 0.3) is 100 Å². The predicted octanol–water partition coefficient (Wildman–Crippen LogP) is 33.8. The first-order chi connectivity index (χ1) is 57.8. The van der Waals surface area contributed by atoms with Gasteiger partial charge in [0.15, 0.2) is 0 Å². The van der Waals surface area contributed by atoms with Crippen LogP contribution in [-0.4, -0.2) is 14.5 Å². The first-order valence-corrected chi connectivity index (χ1v) is 43.5. The molecule has 16 rings (SSSR count). The highest BCUT2D eigenvalue weighted by molar-refractivity contribution is 6.06. The van der Waals surface area contributed by atoms with Crippen LogP contribution >= 0.6 is 0 Å². The molecule has 0 bridgehead atoms. The maximum atomic E-state index is 4.89. The molecular formula is C119H133N3. The van der Waals surface area contributed by atoms with Crippen molar-refractivity contribution in [2.75, 3.05) is 0 Å². The Balaban J connectivity index is 0.000000151. The average Bonchev–Trinajstić information content (AvgIpc) is 1.56. The molecule has 0 fully saturated rings. The van der Waals surface area contributed by atoms with Crippen LogP contribution in [0.4, 0.5) is 0 Å². The number of fused-ring (bicyclic) bond motifs is 3. The van der Waals surface area contributed by atoms with E-state index in [0.717, 1.165) is 28.0 Å². The van der Waals surface area contributed by atoms with Gasteiger partial charge >= 0.3 is 0 Å². The van der Waals surface area contributed by atoms with E-state index in [2.05, 4.69) is 522 Å². The summed E-state index contributed by atoms with van der Waals surface area (Å²) in [5.41, 5.74) is 34.7. The van der Waals surface area contributed by atoms with Crippen LogP contribution < -0.4 is 0 Å². The first-order valence-electron chi connectivity index (χ1n) is 43.5. The molecule has 624 valence electrons. The summed E-state index contributed by atoms with van der Waals surface area (Å²) in [6.45, 7) is 54.0. The lowest BCUT2D eigenvalue weighted by molar-refractivity contribution is 0.423. The molecule has 3 heteroatoms. The maximum absolute atomic E-state index is 4.89. The zero-order chi connectivity index (χ0) is 88.2. The molecule has 0 saturated carbocycles. The van der Waals surface area contributed by atoms with Gasteiger partial charge in [0, 0.05) is 28.2 Å². The van der Waals surface area contributed by atoms with Crippen LogP contribution in [0.15, 0.2) is 370 Å². The molecular weight excluding hydrogens is 1470 g/mol. The van der Waals surface area contributed by atoms with E-state index in [4.69, 9.17) is 4.98 Å². The fraction of sp³-hybridized carbons (Fsp3) is 0.261. The number of rotatable bonds is 7. The van der Waals surface area contributed by atoms with Gasteiger partial charge in [-0.2, -0.15) is 0 Å². The molecule has 3 heterocycles. The van der Waals surface area contributed by atoms with Gasteiger partial charge < -0.3 is 4.57 Å². The highest BCUT2D eigenvalue weighted by Gasteiger charge is 2.26. The van der Waals surface area contributed by atoms with Crippen molar-refractivity contribution in [3.63, 3.8) is 0 Å². The number of aromatic nitrogens is 3. The first kappa shape index (κ1) is 92.3. The Morgan fingerprint density at radius 1 is 0.221 bits per heavy atom. The minimum absolute atomic E-state index is 0.0599. The largest absolute Gasteiger partial charge is 0.334 e. The monoisotopic (exact) mass is 1600 g/mol. The Kier molecular flexibility index (Phi) is 30.7. The standard InChI is InChI=1S/2C22H22.C21H21N.C16H18.C15H16N2.C12H18.C11H16/c1-22(2,3)21-19(17-11-6-4-7-12-17)15-10-16-20(21)18-13-8-5-9-14-18;1-22(2,3)21-15-19(17-10-6-4-7-11-17)14-20(16-21)18-12-8-5-9-13-18;1-21(2,3)18-14-19(16-10-6-4-7-11-16)22-20(15-18)17-12-8-5-9-13-17;1-16(2,3)15-12-8-7-11-14(15)13-9-5-4-6-10-13;1-15(2,3)17-12-8-5-4-7-11(12)14-13(17)9-6-10-16-14;1-9-7-6-8-10(2)11(9)12(3,4)5;1-9-7-5-6-8-10(9)11(2,3)4/h2*4-16H,1-3H3;4-15H,1-3H3;4-12H,1-3H3;4-10H,1-3H3;6-8H,1-5H3;5-8H,1-4H3. The van der Waals surface area contributed by atoms with Crippen LogP contribution in [-0.2, 0) is 38.0 Å². The van der Waals surface area contributed by atoms with Crippen molar-refractivity contribution < 1.29 is 0 Å². The summed E-state index contributed by atoms with van der Waals surface area (Å²) in [5.74, 6) is 0. The van der Waals surface area contributed by atoms with Gasteiger partial charge in [-0.05, 0) is 216 Å². The minimum Gasteiger partial charge on any atom is -0.334 e. The van der Waals surface area contributed by atoms with Crippen molar-refractivity contribution in [1.82, 2.24) is 14.5 Å². The molecule has 0 amide bonds. The SMILES string of the molecule is CC(C)(C)c1c(-c2ccccc2)cccc1-c1ccccc1.CC(C)(C)c1cc(-c2ccccc2)cc(-c2ccccc2)c1.CC(C)(C)c1cc(-c2ccccc2)nc(-c2ccccc2)c1.CC(C)(C)c1ccccc1-c1ccccc1.CC(C)(C)n1c2ccccc2c2ncccc21.Cc1cccc(C)c1C(C)(C)C.Cc1ccccc1C(C)(C)C. The molecule has 3 aromatic heterocycles. The van der Waals surface area contributed by atoms with Crippen LogP contribution in [0.5, 0.6) is 0 Å². The van der Waals surface area contributed by atoms with E-state index >= 15 is 0 Å². The quantitative estimate of drug-likeness (QED) is 0.159. The zero-order valence-electron chi connectivity index (χ0n) is 77.6. The molecule has 122 heavy (non-hydrogen) atoms. The van der Waals surface area contributed by atoms with Gasteiger partial charge in [0.05, 0.1) is 27.9 Å². The zero-order valence-corrected chi connectivity index (χ0v) is 77.6. The molecule has 0 saturated heterocycles. The molecule has 0 aliphatic rings. The summed E-state index contributed by atoms with van der Waals surface area (Å²) in [6, 6.07) is 128. The van der Waals surface area contributed by atoms with Crippen LogP contribution in [0.2, 0.25) is 0 Å². The molecule has 3 nitrogen and oxygen atoms in total. The lowest BCUT2D eigenvalue weighted by Gasteiger charge is -2.27. The molecule has 0 aliphatic heterocycles. The van der Waals surface area contributed by atoms with E-state index in [0.29, 0.717) is 0 Å². The van der Waals surface area contributed by atoms with Gasteiger partial charge in [0.2, 0.25) is 0 Å². The third kappa shape index (κ3) is 25.1. The predicted molar refractivity (Wildman–Crippen MR) is 533 cm³/mol. The second-order valence-corrected chi connectivity index (χ2v) is 39.2. The Morgan fingerprint density at radius 3 is 0.918 bits per heavy atom. The van der Waals surface area contributed by atoms with Gasteiger partial charge in [-0.15, -0.1) is 0 Å². The Hall–Kier alpha value is -12.0. The summed E-state index contributed by atoms with van der Waals surface area (Å²) >= 11 is 0. The smallest absolute Gasteiger partial charge is 0.0959 e. The molecule has 0 N–H and O–H groups in total. The topological polar surface area (TPSA) is 30.7 Å². The second kappa shape index (κ2) is 40.6. The van der Waals surface area contributed by atoms with Gasteiger partial charge in [0.25, 0.3) is 0 Å². The molecule has 16 aromatic rings. The van der Waals surface area contributed by atoms with E-state index in [9.17, 15) is 0 Å². The van der Waals surface area contributed by atoms with E-state index < -0.39 is 0 Å². The highest BCUT2D eigenvalue weighted by atomic mass is 15.1. The minimum atomic E-state index is 0.0599. The Morgan fingerprint density at radius 2 is 0.541 bits per heavy atom. The van der Waals surface area contributed by atoms with Gasteiger partial charge in [-0.3, -0.25) is 4.98 Å². The molecule has 0 atom stereocenters. The number of benzene rings is 13. The van der Waals surface area contributed by atoms with Crippen molar-refractivity contribution in [2.45, 2.75) is 204 Å². The van der Waals surface area contributed by atoms with E-state index in [1.165, 1.54) is 122 Å². The summed E-state index contributed by atoms with van der Waals surface area (Å²) in [4.78, 5) is 9.41.